The maximum Gasteiger partial charge on any atom is 0.162 e. The van der Waals surface area contributed by atoms with Gasteiger partial charge in [0, 0.05) is 27.9 Å². The fourth-order valence-electron chi connectivity index (χ4n) is 3.19. The summed E-state index contributed by atoms with van der Waals surface area (Å²) in [5.74, 6) is -1.59. The summed E-state index contributed by atoms with van der Waals surface area (Å²) in [5.41, 5.74) is 8.42. The quantitative estimate of drug-likeness (QED) is 0.537. The van der Waals surface area contributed by atoms with Crippen molar-refractivity contribution < 1.29 is 13.6 Å². The van der Waals surface area contributed by atoms with Crippen LogP contribution in [-0.2, 0) is 24.2 Å². The van der Waals surface area contributed by atoms with Crippen LogP contribution in [0.15, 0.2) is 34.9 Å². The summed E-state index contributed by atoms with van der Waals surface area (Å²) in [6, 6.07) is 6.25. The predicted molar refractivity (Wildman–Crippen MR) is 117 cm³/mol. The van der Waals surface area contributed by atoms with Gasteiger partial charge in [-0.15, -0.1) is 11.3 Å². The number of aryl methyl sites for hydroxylation is 3. The van der Waals surface area contributed by atoms with Gasteiger partial charge < -0.3 is 10.5 Å². The molecular formula is C21H24BrF2N3OS. The molecule has 3 heterocycles. The molecule has 1 unspecified atom stereocenters. The molecule has 0 aliphatic carbocycles. The number of halogens is 3. The number of benzene rings is 1. The summed E-state index contributed by atoms with van der Waals surface area (Å²) in [5, 5.41) is 4.40. The zero-order valence-corrected chi connectivity index (χ0v) is 18.8. The van der Waals surface area contributed by atoms with Gasteiger partial charge in [0.25, 0.3) is 0 Å². The molecule has 1 atom stereocenters. The summed E-state index contributed by atoms with van der Waals surface area (Å²) >= 11 is 5.50. The highest BCUT2D eigenvalue weighted by molar-refractivity contribution is 9.10. The minimum absolute atomic E-state index is 0.152. The van der Waals surface area contributed by atoms with E-state index in [2.05, 4.69) is 38.7 Å². The van der Waals surface area contributed by atoms with Gasteiger partial charge in [0.2, 0.25) is 0 Å². The number of nitrogens with zero attached hydrogens (tertiary/aromatic N) is 2. The summed E-state index contributed by atoms with van der Waals surface area (Å²) in [4.78, 5) is 10.9. The molecule has 0 saturated heterocycles. The Balaban J connectivity index is 0.000000196. The lowest BCUT2D eigenvalue weighted by atomic mass is 10.1. The largest absolute Gasteiger partial charge is 0.328 e. The van der Waals surface area contributed by atoms with Crippen LogP contribution >= 0.6 is 27.3 Å². The van der Waals surface area contributed by atoms with E-state index in [4.69, 9.17) is 10.5 Å². The van der Waals surface area contributed by atoms with E-state index in [9.17, 15) is 8.78 Å². The Morgan fingerprint density at radius 3 is 2.79 bits per heavy atom. The Hall–Kier alpha value is -1.90. The van der Waals surface area contributed by atoms with Crippen LogP contribution in [-0.4, -0.2) is 22.6 Å². The first kappa shape index (κ1) is 23.4. The third-order valence-electron chi connectivity index (χ3n) is 4.33. The van der Waals surface area contributed by atoms with Crippen LogP contribution in [0.3, 0.4) is 0 Å². The molecule has 1 aromatic carbocycles. The number of hydrogen-bond acceptors (Lipinski definition) is 4. The normalized spacial score (nSPS) is 13.0. The van der Waals surface area contributed by atoms with Crippen molar-refractivity contribution >= 4 is 34.1 Å². The summed E-state index contributed by atoms with van der Waals surface area (Å²) in [6.45, 7) is 6.96. The van der Waals surface area contributed by atoms with Crippen molar-refractivity contribution in [2.45, 2.75) is 45.7 Å². The van der Waals surface area contributed by atoms with Crippen molar-refractivity contribution in [3.63, 3.8) is 0 Å². The lowest BCUT2D eigenvalue weighted by Gasteiger charge is -2.05. The molecule has 29 heavy (non-hydrogen) atoms. The first-order valence-electron chi connectivity index (χ1n) is 9.15. The van der Waals surface area contributed by atoms with E-state index < -0.39 is 11.6 Å². The Kier molecular flexibility index (Phi) is 8.67. The van der Waals surface area contributed by atoms with Gasteiger partial charge >= 0.3 is 0 Å². The van der Waals surface area contributed by atoms with Crippen LogP contribution in [0.25, 0.3) is 11.3 Å². The molecule has 1 aliphatic rings. The van der Waals surface area contributed by atoms with Gasteiger partial charge in [0.05, 0.1) is 16.4 Å². The van der Waals surface area contributed by atoms with Crippen LogP contribution in [0.1, 0.15) is 28.7 Å². The molecule has 156 valence electrons. The summed E-state index contributed by atoms with van der Waals surface area (Å²) < 4.78 is 28.8. The van der Waals surface area contributed by atoms with E-state index in [1.807, 2.05) is 24.3 Å². The molecule has 4 rings (SSSR count). The number of carbonyl (C=O) groups is 1. The molecule has 2 aromatic heterocycles. The second-order valence-corrected chi connectivity index (χ2v) is 8.95. The van der Waals surface area contributed by atoms with Crippen molar-refractivity contribution in [3.05, 3.63) is 61.9 Å². The van der Waals surface area contributed by atoms with Crippen LogP contribution < -0.4 is 5.73 Å². The number of aromatic nitrogens is 2. The summed E-state index contributed by atoms with van der Waals surface area (Å²) in [7, 11) is 0. The Morgan fingerprint density at radius 2 is 2.10 bits per heavy atom. The highest BCUT2D eigenvalue weighted by Gasteiger charge is 2.19. The van der Waals surface area contributed by atoms with E-state index in [1.54, 1.807) is 13.0 Å². The average molecular weight is 484 g/mol. The number of rotatable bonds is 2. The van der Waals surface area contributed by atoms with Crippen molar-refractivity contribution in [1.82, 2.24) is 9.78 Å². The SMILES string of the molecule is C=O.CC(N)Cc1cccc(F)c1F.Cc1cc2c(s1)CCCn1ncc(Br)c1-2. The van der Waals surface area contributed by atoms with Gasteiger partial charge in [-0.1, -0.05) is 12.1 Å². The molecule has 0 bridgehead atoms. The molecule has 4 nitrogen and oxygen atoms in total. The monoisotopic (exact) mass is 483 g/mol. The maximum atomic E-state index is 12.9. The Bertz CT molecular complexity index is 956. The topological polar surface area (TPSA) is 60.9 Å². The summed E-state index contributed by atoms with van der Waals surface area (Å²) in [6.07, 6.45) is 4.64. The molecule has 0 spiro atoms. The Morgan fingerprint density at radius 1 is 1.38 bits per heavy atom. The zero-order valence-electron chi connectivity index (χ0n) is 16.4. The smallest absolute Gasteiger partial charge is 0.162 e. The molecule has 0 fully saturated rings. The van der Waals surface area contributed by atoms with Crippen LogP contribution in [0.5, 0.6) is 0 Å². The lowest BCUT2D eigenvalue weighted by molar-refractivity contribution is -0.0979. The molecule has 0 amide bonds. The average Bonchev–Trinajstić information content (AvgIpc) is 3.18. The lowest BCUT2D eigenvalue weighted by Crippen LogP contribution is -2.18. The van der Waals surface area contributed by atoms with Gasteiger partial charge in [0.1, 0.15) is 6.79 Å². The Labute approximate surface area is 181 Å². The van der Waals surface area contributed by atoms with Crippen molar-refractivity contribution in [1.29, 1.82) is 0 Å². The van der Waals surface area contributed by atoms with Gasteiger partial charge in [-0.25, -0.2) is 8.78 Å². The number of fused-ring (bicyclic) bond motifs is 3. The molecule has 3 aromatic rings. The second-order valence-electron chi connectivity index (χ2n) is 6.76. The maximum absolute atomic E-state index is 12.9. The molecule has 1 aliphatic heterocycles. The fraction of sp³-hybridized carbons (Fsp3) is 0.333. The first-order chi connectivity index (χ1) is 13.9. The van der Waals surface area contributed by atoms with E-state index >= 15 is 0 Å². The number of carbonyl (C=O) groups excluding carboxylic acids is 1. The molecule has 8 heteroatoms. The van der Waals surface area contributed by atoms with Gasteiger partial charge in [-0.2, -0.15) is 5.10 Å². The third kappa shape index (κ3) is 5.81. The van der Waals surface area contributed by atoms with Gasteiger partial charge in [-0.3, -0.25) is 4.68 Å². The van der Waals surface area contributed by atoms with Crippen LogP contribution in [0, 0.1) is 18.6 Å². The first-order valence-corrected chi connectivity index (χ1v) is 10.8. The van der Waals surface area contributed by atoms with E-state index in [0.29, 0.717) is 12.0 Å². The minimum Gasteiger partial charge on any atom is -0.328 e. The highest BCUT2D eigenvalue weighted by atomic mass is 79.9. The number of hydrogen-bond donors (Lipinski definition) is 1. The third-order valence-corrected chi connectivity index (χ3v) is 6.02. The molecule has 2 N–H and O–H groups in total. The predicted octanol–water partition coefficient (Wildman–Crippen LogP) is 5.30. The standard InChI is InChI=1S/C11H11BrN2S.C9H11F2N.CH2O/c1-7-5-8-10(15-7)3-2-4-14-11(8)9(12)6-13-14;1-6(12)5-7-3-2-4-8(10)9(7)11;1-2/h5-6H,2-4H2,1H3;2-4,6H,5,12H2,1H3;1H2. The van der Waals surface area contributed by atoms with E-state index in [1.165, 1.54) is 39.9 Å². The van der Waals surface area contributed by atoms with Crippen molar-refractivity contribution in [2.75, 3.05) is 0 Å². The van der Waals surface area contributed by atoms with E-state index in [0.717, 1.165) is 17.1 Å². The van der Waals surface area contributed by atoms with Crippen LogP contribution in [0.2, 0.25) is 0 Å². The second kappa shape index (κ2) is 10.8. The fourth-order valence-corrected chi connectivity index (χ4v) is 4.78. The minimum atomic E-state index is -0.812. The highest BCUT2D eigenvalue weighted by Crippen LogP contribution is 2.38. The van der Waals surface area contributed by atoms with Crippen molar-refractivity contribution in [3.8, 4) is 11.3 Å². The van der Waals surface area contributed by atoms with Crippen molar-refractivity contribution in [2.24, 2.45) is 5.73 Å². The molecule has 0 saturated carbocycles. The number of thiophene rings is 1. The zero-order chi connectivity index (χ0) is 21.6. The van der Waals surface area contributed by atoms with Gasteiger partial charge in [-0.05, 0) is 66.7 Å². The van der Waals surface area contributed by atoms with E-state index in [-0.39, 0.29) is 6.04 Å². The number of nitrogens with two attached hydrogens (primary N) is 1. The molecular weight excluding hydrogens is 460 g/mol. The van der Waals surface area contributed by atoms with Crippen LogP contribution in [0.4, 0.5) is 8.78 Å². The molecule has 0 radical (unpaired) electrons. The van der Waals surface area contributed by atoms with Gasteiger partial charge in [0.15, 0.2) is 11.6 Å².